The van der Waals surface area contributed by atoms with Gasteiger partial charge >= 0.3 is 0 Å². The van der Waals surface area contributed by atoms with Crippen LogP contribution in [0.1, 0.15) is 13.8 Å². The minimum absolute atomic E-state index is 0.149. The van der Waals surface area contributed by atoms with E-state index in [1.165, 1.54) is 5.57 Å². The van der Waals surface area contributed by atoms with Crippen molar-refractivity contribution >= 4 is 11.6 Å². The van der Waals surface area contributed by atoms with E-state index in [1.807, 2.05) is 32.2 Å². The van der Waals surface area contributed by atoms with Crippen LogP contribution in [0, 0.1) is 0 Å². The number of hydrogen-bond acceptors (Lipinski definition) is 6. The van der Waals surface area contributed by atoms with Crippen LogP contribution in [0.3, 0.4) is 0 Å². The van der Waals surface area contributed by atoms with Crippen molar-refractivity contribution in [2.24, 2.45) is 4.99 Å². The van der Waals surface area contributed by atoms with Crippen molar-refractivity contribution in [3.63, 3.8) is 0 Å². The lowest BCUT2D eigenvalue weighted by atomic mass is 10.1. The van der Waals surface area contributed by atoms with E-state index in [2.05, 4.69) is 15.6 Å². The number of nitrogens with one attached hydrogen (secondary N) is 2. The Balaban J connectivity index is 2.27. The van der Waals surface area contributed by atoms with Crippen molar-refractivity contribution < 1.29 is 14.2 Å². The molecule has 0 bridgehead atoms. The van der Waals surface area contributed by atoms with E-state index in [4.69, 9.17) is 14.2 Å². The van der Waals surface area contributed by atoms with Gasteiger partial charge in [-0.25, -0.2) is 4.99 Å². The summed E-state index contributed by atoms with van der Waals surface area (Å²) in [7, 11) is 4.76. The Morgan fingerprint density at radius 1 is 1.10 bits per heavy atom. The van der Waals surface area contributed by atoms with Crippen LogP contribution in [0.5, 0.6) is 17.2 Å². The number of aliphatic imine (C=N–C) groups is 1. The van der Waals surface area contributed by atoms with Crippen molar-refractivity contribution in [2.45, 2.75) is 19.9 Å². The first-order chi connectivity index (χ1) is 10.1. The number of rotatable bonds is 4. The van der Waals surface area contributed by atoms with Crippen LogP contribution in [-0.2, 0) is 0 Å². The van der Waals surface area contributed by atoms with Crippen molar-refractivity contribution in [1.29, 1.82) is 0 Å². The van der Waals surface area contributed by atoms with Gasteiger partial charge in [0.05, 0.1) is 27.4 Å². The highest BCUT2D eigenvalue weighted by atomic mass is 16.5. The minimum Gasteiger partial charge on any atom is -0.493 e. The van der Waals surface area contributed by atoms with Crippen molar-refractivity contribution in [2.75, 3.05) is 26.6 Å². The van der Waals surface area contributed by atoms with Crippen LogP contribution in [0.4, 0.5) is 5.69 Å². The third-order valence-electron chi connectivity index (χ3n) is 3.35. The molecular weight excluding hydrogens is 270 g/mol. The molecule has 2 rings (SSSR count). The largest absolute Gasteiger partial charge is 0.493 e. The molecule has 1 aromatic carbocycles. The second-order valence-electron chi connectivity index (χ2n) is 4.73. The van der Waals surface area contributed by atoms with Crippen LogP contribution in [0.25, 0.3) is 0 Å². The third kappa shape index (κ3) is 3.21. The molecule has 0 saturated carbocycles. The summed E-state index contributed by atoms with van der Waals surface area (Å²) in [5.74, 6) is 2.43. The van der Waals surface area contributed by atoms with E-state index in [0.717, 1.165) is 5.69 Å². The number of nitrogens with zero attached hydrogens (tertiary/aromatic N) is 1. The Labute approximate surface area is 124 Å². The Kier molecular flexibility index (Phi) is 4.57. The molecule has 0 aliphatic carbocycles. The van der Waals surface area contributed by atoms with E-state index in [0.29, 0.717) is 23.2 Å². The van der Waals surface area contributed by atoms with E-state index in [-0.39, 0.29) is 6.04 Å². The molecule has 0 amide bonds. The van der Waals surface area contributed by atoms with Gasteiger partial charge in [0.1, 0.15) is 0 Å². The average molecular weight is 291 g/mol. The molecule has 1 unspecified atom stereocenters. The van der Waals surface area contributed by atoms with Gasteiger partial charge < -0.3 is 24.8 Å². The summed E-state index contributed by atoms with van der Waals surface area (Å²) in [4.78, 5) is 4.53. The van der Waals surface area contributed by atoms with Gasteiger partial charge in [-0.3, -0.25) is 0 Å². The average Bonchev–Trinajstić information content (AvgIpc) is 2.49. The highest BCUT2D eigenvalue weighted by molar-refractivity contribution is 5.95. The van der Waals surface area contributed by atoms with E-state index < -0.39 is 0 Å². The molecule has 2 N–H and O–H groups in total. The van der Waals surface area contributed by atoms with Crippen LogP contribution in [0.2, 0.25) is 0 Å². The summed E-state index contributed by atoms with van der Waals surface area (Å²) < 4.78 is 16.0. The van der Waals surface area contributed by atoms with Crippen molar-refractivity contribution in [1.82, 2.24) is 5.32 Å². The lowest BCUT2D eigenvalue weighted by molar-refractivity contribution is 0.324. The molecule has 0 fully saturated rings. The van der Waals surface area contributed by atoms with Gasteiger partial charge in [0.2, 0.25) is 5.75 Å². The molecule has 0 aromatic heterocycles. The molecule has 1 heterocycles. The maximum Gasteiger partial charge on any atom is 0.203 e. The number of ether oxygens (including phenoxy) is 3. The molecule has 1 aromatic rings. The maximum absolute atomic E-state index is 5.33. The first kappa shape index (κ1) is 15.0. The molecule has 1 aliphatic rings. The van der Waals surface area contributed by atoms with E-state index in [9.17, 15) is 0 Å². The van der Waals surface area contributed by atoms with Crippen molar-refractivity contribution in [3.8, 4) is 17.2 Å². The van der Waals surface area contributed by atoms with Gasteiger partial charge in [-0.1, -0.05) is 0 Å². The fourth-order valence-electron chi connectivity index (χ4n) is 1.99. The SMILES string of the molecule is COc1cc(NC2=NC(C)C(C)=CN2)cc(OC)c1OC. The second kappa shape index (κ2) is 6.39. The van der Waals surface area contributed by atoms with E-state index >= 15 is 0 Å². The first-order valence-corrected chi connectivity index (χ1v) is 6.67. The highest BCUT2D eigenvalue weighted by Crippen LogP contribution is 2.39. The molecule has 1 atom stereocenters. The normalized spacial score (nSPS) is 17.3. The lowest BCUT2D eigenvalue weighted by Gasteiger charge is -2.20. The third-order valence-corrected chi connectivity index (χ3v) is 3.35. The first-order valence-electron chi connectivity index (χ1n) is 6.67. The Morgan fingerprint density at radius 2 is 1.71 bits per heavy atom. The number of hydrogen-bond donors (Lipinski definition) is 2. The van der Waals surface area contributed by atoms with Gasteiger partial charge in [0.15, 0.2) is 17.5 Å². The Morgan fingerprint density at radius 3 is 2.19 bits per heavy atom. The molecule has 114 valence electrons. The van der Waals surface area contributed by atoms with Gasteiger partial charge in [0, 0.05) is 24.0 Å². The van der Waals surface area contributed by atoms with E-state index in [1.54, 1.807) is 21.3 Å². The van der Waals surface area contributed by atoms with Crippen molar-refractivity contribution in [3.05, 3.63) is 23.9 Å². The molecule has 6 nitrogen and oxygen atoms in total. The summed E-state index contributed by atoms with van der Waals surface area (Å²) >= 11 is 0. The predicted molar refractivity (Wildman–Crippen MR) is 83.5 cm³/mol. The number of benzene rings is 1. The summed E-state index contributed by atoms with van der Waals surface area (Å²) in [6, 6.07) is 3.82. The molecule has 0 radical (unpaired) electrons. The molecular formula is C15H21N3O3. The topological polar surface area (TPSA) is 64.1 Å². The fourth-order valence-corrected chi connectivity index (χ4v) is 1.99. The number of methoxy groups -OCH3 is 3. The smallest absolute Gasteiger partial charge is 0.203 e. The maximum atomic E-state index is 5.33. The van der Waals surface area contributed by atoms with Crippen LogP contribution < -0.4 is 24.8 Å². The monoisotopic (exact) mass is 291 g/mol. The zero-order chi connectivity index (χ0) is 15.4. The minimum atomic E-state index is 0.149. The lowest BCUT2D eigenvalue weighted by Crippen LogP contribution is -2.32. The van der Waals surface area contributed by atoms with Crippen LogP contribution >= 0.6 is 0 Å². The summed E-state index contributed by atoms with van der Waals surface area (Å²) in [5, 5.41) is 6.33. The fraction of sp³-hybridized carbons (Fsp3) is 0.400. The summed E-state index contributed by atoms with van der Waals surface area (Å²) in [5.41, 5.74) is 1.99. The highest BCUT2D eigenvalue weighted by Gasteiger charge is 2.15. The summed E-state index contributed by atoms with van der Waals surface area (Å²) in [6.45, 7) is 4.08. The van der Waals surface area contributed by atoms with Gasteiger partial charge in [0.25, 0.3) is 0 Å². The second-order valence-corrected chi connectivity index (χ2v) is 4.73. The van der Waals surface area contributed by atoms with Gasteiger partial charge in [-0.2, -0.15) is 0 Å². The number of anilines is 1. The Bertz CT molecular complexity index is 557. The quantitative estimate of drug-likeness (QED) is 0.891. The van der Waals surface area contributed by atoms with Gasteiger partial charge in [-0.15, -0.1) is 0 Å². The van der Waals surface area contributed by atoms with Crippen LogP contribution in [0.15, 0.2) is 28.9 Å². The zero-order valence-electron chi connectivity index (χ0n) is 13.0. The molecule has 0 saturated heterocycles. The molecule has 0 spiro atoms. The molecule has 21 heavy (non-hydrogen) atoms. The predicted octanol–water partition coefficient (Wildman–Crippen LogP) is 2.38. The molecule has 1 aliphatic heterocycles. The molecule has 6 heteroatoms. The zero-order valence-corrected chi connectivity index (χ0v) is 13.0. The summed E-state index contributed by atoms with van der Waals surface area (Å²) in [6.07, 6.45) is 1.94. The number of guanidine groups is 1. The van der Waals surface area contributed by atoms with Gasteiger partial charge in [-0.05, 0) is 19.4 Å². The Hall–Kier alpha value is -2.37. The standard InChI is InChI=1S/C15H21N3O3/c1-9-8-16-15(17-10(9)2)18-11-6-12(19-3)14(21-5)13(7-11)20-4/h6-8,10H,1-5H3,(H2,16,17,18). The van der Waals surface area contributed by atoms with Crippen LogP contribution in [-0.4, -0.2) is 33.3 Å².